The molecule has 0 atom stereocenters. The summed E-state index contributed by atoms with van der Waals surface area (Å²) in [6, 6.07) is 16.7. The zero-order chi connectivity index (χ0) is 15.8. The van der Waals surface area contributed by atoms with Crippen LogP contribution in [0.15, 0.2) is 70.0 Å². The van der Waals surface area contributed by atoms with Crippen molar-refractivity contribution < 1.29 is 4.42 Å². The van der Waals surface area contributed by atoms with Gasteiger partial charge in [-0.15, -0.1) is 9.90 Å². The van der Waals surface area contributed by atoms with Gasteiger partial charge in [0.2, 0.25) is 0 Å². The number of fused-ring (bicyclic) bond motifs is 1. The first kappa shape index (κ1) is 13.3. The Morgan fingerprint density at radius 2 is 1.87 bits per heavy atom. The van der Waals surface area contributed by atoms with E-state index in [9.17, 15) is 4.79 Å². The molecule has 0 radical (unpaired) electrons. The van der Waals surface area contributed by atoms with Crippen LogP contribution in [0.3, 0.4) is 0 Å². The molecule has 0 aliphatic rings. The van der Waals surface area contributed by atoms with E-state index in [-0.39, 0.29) is 5.63 Å². The fourth-order valence-corrected chi connectivity index (χ4v) is 2.44. The van der Waals surface area contributed by atoms with Crippen LogP contribution in [0.4, 0.5) is 5.82 Å². The third-order valence-electron chi connectivity index (χ3n) is 3.54. The highest BCUT2D eigenvalue weighted by Crippen LogP contribution is 2.22. The lowest BCUT2D eigenvalue weighted by Crippen LogP contribution is -2.04. The van der Waals surface area contributed by atoms with E-state index in [4.69, 9.17) is 10.2 Å². The monoisotopic (exact) mass is 304 g/mol. The molecule has 23 heavy (non-hydrogen) atoms. The minimum absolute atomic E-state index is 0.325. The predicted octanol–water partition coefficient (Wildman–Crippen LogP) is 2.62. The molecule has 0 unspecified atom stereocenters. The maximum atomic E-state index is 12.3. The van der Waals surface area contributed by atoms with Crippen molar-refractivity contribution in [3.05, 3.63) is 71.2 Å². The number of benzene rings is 2. The molecular weight excluding hydrogens is 292 g/mol. The van der Waals surface area contributed by atoms with Gasteiger partial charge in [0.25, 0.3) is 0 Å². The Hall–Kier alpha value is -3.41. The third-order valence-corrected chi connectivity index (χ3v) is 3.54. The third kappa shape index (κ3) is 2.36. The van der Waals surface area contributed by atoms with Gasteiger partial charge in [-0.25, -0.2) is 4.79 Å². The topological polar surface area (TPSA) is 86.9 Å². The number of nitrogens with zero attached hydrogens (tertiary/aromatic N) is 3. The first-order valence-electron chi connectivity index (χ1n) is 7.02. The lowest BCUT2D eigenvalue weighted by molar-refractivity contribution is 0.562. The molecule has 0 aliphatic heterocycles. The van der Waals surface area contributed by atoms with Gasteiger partial charge in [-0.1, -0.05) is 30.3 Å². The fraction of sp³-hybridized carbons (Fsp3) is 0. The summed E-state index contributed by atoms with van der Waals surface area (Å²) in [7, 11) is 0. The molecule has 2 N–H and O–H groups in total. The number of aromatic nitrogens is 3. The van der Waals surface area contributed by atoms with Gasteiger partial charge in [-0.2, -0.15) is 5.10 Å². The van der Waals surface area contributed by atoms with Crippen molar-refractivity contribution in [1.82, 2.24) is 15.0 Å². The quantitative estimate of drug-likeness (QED) is 0.575. The smallest absolute Gasteiger partial charge is 0.344 e. The molecule has 0 spiro atoms. The van der Waals surface area contributed by atoms with Gasteiger partial charge in [0.1, 0.15) is 5.58 Å². The molecule has 6 nitrogen and oxygen atoms in total. The number of hydrogen-bond acceptors (Lipinski definition) is 5. The highest BCUT2D eigenvalue weighted by molar-refractivity contribution is 5.83. The summed E-state index contributed by atoms with van der Waals surface area (Å²) in [6.45, 7) is 0. The van der Waals surface area contributed by atoms with Gasteiger partial charge < -0.3 is 10.2 Å². The first-order valence-corrected chi connectivity index (χ1v) is 7.02. The Morgan fingerprint density at radius 1 is 1.04 bits per heavy atom. The molecule has 0 aliphatic carbocycles. The van der Waals surface area contributed by atoms with E-state index >= 15 is 0 Å². The van der Waals surface area contributed by atoms with E-state index in [1.54, 1.807) is 6.07 Å². The average molecular weight is 304 g/mol. The highest BCUT2D eigenvalue weighted by Gasteiger charge is 2.09. The molecule has 0 fully saturated rings. The summed E-state index contributed by atoms with van der Waals surface area (Å²) in [6.07, 6.45) is 1.46. The minimum Gasteiger partial charge on any atom is -0.422 e. The van der Waals surface area contributed by atoms with E-state index in [0.717, 1.165) is 10.9 Å². The fourth-order valence-electron chi connectivity index (χ4n) is 2.44. The van der Waals surface area contributed by atoms with Crippen molar-refractivity contribution >= 4 is 16.8 Å². The summed E-state index contributed by atoms with van der Waals surface area (Å²) in [5.41, 5.74) is 7.70. The number of nitrogens with two attached hydrogens (primary N) is 1. The SMILES string of the molecule is Nc1cnn(-c2ccc3cc(-c4ccccc4)c(=O)oc3c2)n1. The van der Waals surface area contributed by atoms with Crippen molar-refractivity contribution in [3.63, 3.8) is 0 Å². The second kappa shape index (κ2) is 5.10. The Kier molecular flexibility index (Phi) is 2.94. The molecule has 0 saturated carbocycles. The zero-order valence-electron chi connectivity index (χ0n) is 12.0. The Labute approximate surface area is 130 Å². The van der Waals surface area contributed by atoms with Crippen LogP contribution in [-0.2, 0) is 0 Å². The van der Waals surface area contributed by atoms with Crippen molar-refractivity contribution in [3.8, 4) is 16.8 Å². The number of hydrogen-bond donors (Lipinski definition) is 1. The summed E-state index contributed by atoms with van der Waals surface area (Å²) in [4.78, 5) is 13.6. The molecule has 4 aromatic rings. The Morgan fingerprint density at radius 3 is 2.61 bits per heavy atom. The Balaban J connectivity index is 1.87. The van der Waals surface area contributed by atoms with E-state index in [1.165, 1.54) is 11.0 Å². The van der Waals surface area contributed by atoms with Gasteiger partial charge in [0, 0.05) is 11.5 Å². The molecule has 2 aromatic carbocycles. The summed E-state index contributed by atoms with van der Waals surface area (Å²) in [5.74, 6) is 0.325. The van der Waals surface area contributed by atoms with Gasteiger partial charge in [0.15, 0.2) is 5.82 Å². The van der Waals surface area contributed by atoms with Crippen LogP contribution >= 0.6 is 0 Å². The van der Waals surface area contributed by atoms with Crippen LogP contribution in [0.25, 0.3) is 27.8 Å². The molecular formula is C17H12N4O2. The number of rotatable bonds is 2. The first-order chi connectivity index (χ1) is 11.2. The largest absolute Gasteiger partial charge is 0.422 e. The zero-order valence-corrected chi connectivity index (χ0v) is 12.0. The van der Waals surface area contributed by atoms with Crippen molar-refractivity contribution in [2.45, 2.75) is 0 Å². The maximum absolute atomic E-state index is 12.3. The van der Waals surface area contributed by atoms with Gasteiger partial charge in [-0.05, 0) is 23.8 Å². The second-order valence-corrected chi connectivity index (χ2v) is 5.09. The molecule has 4 rings (SSSR count). The molecule has 6 heteroatoms. The molecule has 112 valence electrons. The van der Waals surface area contributed by atoms with E-state index in [2.05, 4.69) is 10.2 Å². The lowest BCUT2D eigenvalue weighted by Gasteiger charge is -2.04. The summed E-state index contributed by atoms with van der Waals surface area (Å²) in [5, 5.41) is 8.91. The van der Waals surface area contributed by atoms with Gasteiger partial charge >= 0.3 is 5.63 Å². The minimum atomic E-state index is -0.381. The van der Waals surface area contributed by atoms with Crippen LogP contribution < -0.4 is 11.4 Å². The van der Waals surface area contributed by atoms with Crippen LogP contribution in [0, 0.1) is 0 Å². The van der Waals surface area contributed by atoms with Gasteiger partial charge in [-0.3, -0.25) is 0 Å². The van der Waals surface area contributed by atoms with Gasteiger partial charge in [0.05, 0.1) is 17.4 Å². The molecule has 0 amide bonds. The van der Waals surface area contributed by atoms with Crippen LogP contribution in [0.1, 0.15) is 0 Å². The van der Waals surface area contributed by atoms with Crippen molar-refractivity contribution in [1.29, 1.82) is 0 Å². The standard InChI is InChI=1S/C17H12N4O2/c18-16-10-19-21(20-16)13-7-6-12-8-14(11-4-2-1-3-5-11)17(22)23-15(12)9-13/h1-10H,(H2,18,20). The second-order valence-electron chi connectivity index (χ2n) is 5.09. The molecule has 2 aromatic heterocycles. The lowest BCUT2D eigenvalue weighted by atomic mass is 10.1. The summed E-state index contributed by atoms with van der Waals surface area (Å²) < 4.78 is 5.46. The molecule has 0 bridgehead atoms. The predicted molar refractivity (Wildman–Crippen MR) is 87.2 cm³/mol. The van der Waals surface area contributed by atoms with Crippen LogP contribution in [-0.4, -0.2) is 15.0 Å². The maximum Gasteiger partial charge on any atom is 0.344 e. The van der Waals surface area contributed by atoms with E-state index in [0.29, 0.717) is 22.7 Å². The average Bonchev–Trinajstić information content (AvgIpc) is 3.01. The van der Waals surface area contributed by atoms with E-state index in [1.807, 2.05) is 48.5 Å². The van der Waals surface area contributed by atoms with Crippen LogP contribution in [0.5, 0.6) is 0 Å². The number of nitrogen functional groups attached to an aromatic ring is 1. The van der Waals surface area contributed by atoms with Crippen LogP contribution in [0.2, 0.25) is 0 Å². The molecule has 2 heterocycles. The number of anilines is 1. The normalized spacial score (nSPS) is 11.0. The highest BCUT2D eigenvalue weighted by atomic mass is 16.4. The molecule has 0 saturated heterocycles. The van der Waals surface area contributed by atoms with Crippen molar-refractivity contribution in [2.75, 3.05) is 5.73 Å². The summed E-state index contributed by atoms with van der Waals surface area (Å²) >= 11 is 0. The Bertz CT molecular complexity index is 1050. The van der Waals surface area contributed by atoms with Crippen molar-refractivity contribution in [2.24, 2.45) is 0 Å². The van der Waals surface area contributed by atoms with E-state index < -0.39 is 0 Å².